The molecule has 0 radical (unpaired) electrons. The summed E-state index contributed by atoms with van der Waals surface area (Å²) in [5.41, 5.74) is 4.17. The number of hydrogen-bond acceptors (Lipinski definition) is 2. The van der Waals surface area contributed by atoms with E-state index in [1.807, 2.05) is 0 Å². The molecule has 0 aromatic heterocycles. The van der Waals surface area contributed by atoms with Gasteiger partial charge in [0.25, 0.3) is 0 Å². The molecule has 126 valence electrons. The first-order valence-electron chi connectivity index (χ1n) is 9.51. The third-order valence-electron chi connectivity index (χ3n) is 7.64. The van der Waals surface area contributed by atoms with Gasteiger partial charge < -0.3 is 4.74 Å². The number of rotatable bonds is 1. The lowest BCUT2D eigenvalue weighted by Gasteiger charge is -2.54. The Bertz CT molecular complexity index is 587. The van der Waals surface area contributed by atoms with Gasteiger partial charge in [-0.3, -0.25) is 4.79 Å². The SMILES string of the molecule is CC(=O)OC1CC[C@@]2(C)C(=CC=C3[C@@H]4CCC[C@@]4(C)CC[C@@H]32)C1. The van der Waals surface area contributed by atoms with Crippen molar-refractivity contribution in [3.8, 4) is 0 Å². The molecular formula is C21H30O2. The molecule has 2 nitrogen and oxygen atoms in total. The molecule has 3 fully saturated rings. The van der Waals surface area contributed by atoms with E-state index in [0.717, 1.165) is 24.7 Å². The van der Waals surface area contributed by atoms with Crippen LogP contribution in [-0.2, 0) is 9.53 Å². The Hall–Kier alpha value is -1.05. The quantitative estimate of drug-likeness (QED) is 0.622. The first-order chi connectivity index (χ1) is 10.9. The highest BCUT2D eigenvalue weighted by Crippen LogP contribution is 2.63. The van der Waals surface area contributed by atoms with Crippen LogP contribution in [0.4, 0.5) is 0 Å². The van der Waals surface area contributed by atoms with Crippen molar-refractivity contribution < 1.29 is 9.53 Å². The van der Waals surface area contributed by atoms with Gasteiger partial charge in [0.05, 0.1) is 0 Å². The van der Waals surface area contributed by atoms with Crippen LogP contribution in [0, 0.1) is 22.7 Å². The monoisotopic (exact) mass is 314 g/mol. The largest absolute Gasteiger partial charge is 0.462 e. The van der Waals surface area contributed by atoms with Crippen molar-refractivity contribution in [3.63, 3.8) is 0 Å². The van der Waals surface area contributed by atoms with Crippen molar-refractivity contribution in [1.29, 1.82) is 0 Å². The molecule has 0 heterocycles. The molecule has 0 amide bonds. The number of carbonyl (C=O) groups is 1. The second-order valence-electron chi connectivity index (χ2n) is 8.94. The second-order valence-corrected chi connectivity index (χ2v) is 8.94. The lowest BCUT2D eigenvalue weighted by atomic mass is 9.51. The third-order valence-corrected chi connectivity index (χ3v) is 7.64. The third kappa shape index (κ3) is 2.32. The highest BCUT2D eigenvalue weighted by Gasteiger charge is 2.53. The Morgan fingerprint density at radius 1 is 1.09 bits per heavy atom. The summed E-state index contributed by atoms with van der Waals surface area (Å²) >= 11 is 0. The van der Waals surface area contributed by atoms with Crippen LogP contribution in [0.25, 0.3) is 0 Å². The van der Waals surface area contributed by atoms with E-state index >= 15 is 0 Å². The zero-order valence-electron chi connectivity index (χ0n) is 14.9. The summed E-state index contributed by atoms with van der Waals surface area (Å²) in [4.78, 5) is 11.3. The summed E-state index contributed by atoms with van der Waals surface area (Å²) in [5, 5.41) is 0. The van der Waals surface area contributed by atoms with Crippen LogP contribution in [-0.4, -0.2) is 12.1 Å². The Balaban J connectivity index is 1.64. The molecule has 4 aliphatic carbocycles. The molecule has 0 aromatic rings. The molecular weight excluding hydrogens is 284 g/mol. The number of hydrogen-bond donors (Lipinski definition) is 0. The van der Waals surface area contributed by atoms with Crippen LogP contribution in [0.1, 0.15) is 72.1 Å². The van der Waals surface area contributed by atoms with Crippen molar-refractivity contribution in [1.82, 2.24) is 0 Å². The smallest absolute Gasteiger partial charge is 0.302 e. The first kappa shape index (κ1) is 15.5. The molecule has 4 aliphatic rings. The van der Waals surface area contributed by atoms with E-state index in [1.54, 1.807) is 5.57 Å². The fourth-order valence-corrected chi connectivity index (χ4v) is 6.29. The molecule has 2 heteroatoms. The van der Waals surface area contributed by atoms with Gasteiger partial charge in [0.1, 0.15) is 6.10 Å². The molecule has 0 bridgehead atoms. The van der Waals surface area contributed by atoms with Crippen LogP contribution in [0.15, 0.2) is 23.3 Å². The minimum absolute atomic E-state index is 0.0992. The van der Waals surface area contributed by atoms with Crippen molar-refractivity contribution in [2.45, 2.75) is 78.2 Å². The van der Waals surface area contributed by atoms with Gasteiger partial charge in [0.15, 0.2) is 0 Å². The number of fused-ring (bicyclic) bond motifs is 5. The summed E-state index contributed by atoms with van der Waals surface area (Å²) < 4.78 is 5.51. The summed E-state index contributed by atoms with van der Waals surface area (Å²) in [7, 11) is 0. The van der Waals surface area contributed by atoms with Crippen molar-refractivity contribution in [3.05, 3.63) is 23.3 Å². The normalized spacial score (nSPS) is 45.3. The molecule has 0 aliphatic heterocycles. The van der Waals surface area contributed by atoms with Crippen LogP contribution >= 0.6 is 0 Å². The Kier molecular flexibility index (Phi) is 3.52. The molecule has 4 rings (SSSR count). The minimum Gasteiger partial charge on any atom is -0.462 e. The van der Waals surface area contributed by atoms with E-state index in [1.165, 1.54) is 51.0 Å². The maximum atomic E-state index is 11.3. The standard InChI is InChI=1S/C21H30O2/c1-14(22)23-16-8-12-21(3)15(13-16)6-7-17-18-5-4-10-20(18,2)11-9-19(17)21/h6-7,16,18-19H,4-5,8-13H2,1-3H3/t16?,18-,19-,20-,21-/m0/s1. The van der Waals surface area contributed by atoms with E-state index in [4.69, 9.17) is 4.74 Å². The van der Waals surface area contributed by atoms with Gasteiger partial charge in [-0.1, -0.05) is 43.6 Å². The Morgan fingerprint density at radius 2 is 1.91 bits per heavy atom. The highest BCUT2D eigenvalue weighted by molar-refractivity contribution is 5.66. The molecule has 0 aromatic carbocycles. The second kappa shape index (κ2) is 5.22. The van der Waals surface area contributed by atoms with Gasteiger partial charge in [0.2, 0.25) is 0 Å². The van der Waals surface area contributed by atoms with E-state index in [-0.39, 0.29) is 12.1 Å². The van der Waals surface area contributed by atoms with Gasteiger partial charge in [0, 0.05) is 13.3 Å². The number of ether oxygens (including phenoxy) is 1. The zero-order valence-corrected chi connectivity index (χ0v) is 14.9. The highest BCUT2D eigenvalue weighted by atomic mass is 16.5. The molecule has 23 heavy (non-hydrogen) atoms. The fraction of sp³-hybridized carbons (Fsp3) is 0.762. The lowest BCUT2D eigenvalue weighted by molar-refractivity contribution is -0.148. The fourth-order valence-electron chi connectivity index (χ4n) is 6.29. The van der Waals surface area contributed by atoms with Crippen molar-refractivity contribution >= 4 is 5.97 Å². The van der Waals surface area contributed by atoms with E-state index in [2.05, 4.69) is 26.0 Å². The average molecular weight is 314 g/mol. The van der Waals surface area contributed by atoms with Gasteiger partial charge in [-0.15, -0.1) is 0 Å². The van der Waals surface area contributed by atoms with Crippen LogP contribution in [0.2, 0.25) is 0 Å². The summed E-state index contributed by atoms with van der Waals surface area (Å²) in [5.74, 6) is 1.42. The zero-order chi connectivity index (χ0) is 16.2. The van der Waals surface area contributed by atoms with Crippen molar-refractivity contribution in [2.24, 2.45) is 22.7 Å². The summed E-state index contributed by atoms with van der Waals surface area (Å²) in [6.45, 7) is 6.54. The number of carbonyl (C=O) groups excluding carboxylic acids is 1. The molecule has 0 saturated heterocycles. The number of esters is 1. The summed E-state index contributed by atoms with van der Waals surface area (Å²) in [6, 6.07) is 0. The average Bonchev–Trinajstić information content (AvgIpc) is 2.89. The van der Waals surface area contributed by atoms with E-state index < -0.39 is 0 Å². The Labute approximate surface area is 140 Å². The molecule has 5 atom stereocenters. The lowest BCUT2D eigenvalue weighted by Crippen LogP contribution is -2.45. The maximum absolute atomic E-state index is 11.3. The molecule has 1 unspecified atom stereocenters. The van der Waals surface area contributed by atoms with Gasteiger partial charge >= 0.3 is 5.97 Å². The predicted octanol–water partition coefficient (Wildman–Crippen LogP) is 5.19. The molecule has 0 N–H and O–H groups in total. The number of allylic oxidation sites excluding steroid dienone is 3. The van der Waals surface area contributed by atoms with Gasteiger partial charge in [-0.25, -0.2) is 0 Å². The van der Waals surface area contributed by atoms with Gasteiger partial charge in [-0.05, 0) is 61.2 Å². The van der Waals surface area contributed by atoms with E-state index in [0.29, 0.717) is 10.8 Å². The maximum Gasteiger partial charge on any atom is 0.302 e. The first-order valence-corrected chi connectivity index (χ1v) is 9.51. The molecule has 0 spiro atoms. The van der Waals surface area contributed by atoms with Gasteiger partial charge in [-0.2, -0.15) is 0 Å². The summed E-state index contributed by atoms with van der Waals surface area (Å²) in [6.07, 6.45) is 15.1. The topological polar surface area (TPSA) is 26.3 Å². The molecule has 3 saturated carbocycles. The Morgan fingerprint density at radius 3 is 2.70 bits per heavy atom. The van der Waals surface area contributed by atoms with Crippen LogP contribution in [0.5, 0.6) is 0 Å². The van der Waals surface area contributed by atoms with E-state index in [9.17, 15) is 4.79 Å². The van der Waals surface area contributed by atoms with Crippen LogP contribution < -0.4 is 0 Å². The minimum atomic E-state index is -0.134. The predicted molar refractivity (Wildman–Crippen MR) is 91.9 cm³/mol. The van der Waals surface area contributed by atoms with Crippen LogP contribution in [0.3, 0.4) is 0 Å². The van der Waals surface area contributed by atoms with Crippen molar-refractivity contribution in [2.75, 3.05) is 0 Å².